The molecule has 1 aromatic carbocycles. The summed E-state index contributed by atoms with van der Waals surface area (Å²) in [6, 6.07) is 5.42. The fourth-order valence-corrected chi connectivity index (χ4v) is 1.37. The zero-order valence-electron chi connectivity index (χ0n) is 10.1. The number of aromatic hydroxyl groups is 1. The van der Waals surface area contributed by atoms with Crippen LogP contribution in [-0.4, -0.2) is 11.7 Å². The van der Waals surface area contributed by atoms with Gasteiger partial charge in [-0.25, -0.2) is 0 Å². The van der Waals surface area contributed by atoms with Crippen LogP contribution in [0.2, 0.25) is 0 Å². The second-order valence-electron chi connectivity index (χ2n) is 4.33. The third-order valence-corrected chi connectivity index (χ3v) is 2.36. The van der Waals surface area contributed by atoms with Crippen molar-refractivity contribution in [2.45, 2.75) is 26.7 Å². The van der Waals surface area contributed by atoms with Crippen LogP contribution in [0.25, 0.3) is 0 Å². The maximum absolute atomic E-state index is 9.62. The molecule has 0 heterocycles. The molecule has 0 amide bonds. The summed E-state index contributed by atoms with van der Waals surface area (Å²) >= 11 is 0. The van der Waals surface area contributed by atoms with Gasteiger partial charge in [-0.3, -0.25) is 0 Å². The number of hydrogen-bond donors (Lipinski definition) is 1. The number of allylic oxidation sites excluding steroid dienone is 1. The molecule has 16 heavy (non-hydrogen) atoms. The summed E-state index contributed by atoms with van der Waals surface area (Å²) in [6.45, 7) is 8.63. The van der Waals surface area contributed by atoms with Crippen molar-refractivity contribution in [3.8, 4) is 11.5 Å². The zero-order valence-corrected chi connectivity index (χ0v) is 10.1. The van der Waals surface area contributed by atoms with Crippen LogP contribution >= 0.6 is 0 Å². The Morgan fingerprint density at radius 3 is 2.81 bits per heavy atom. The van der Waals surface area contributed by atoms with Crippen molar-refractivity contribution in [1.29, 1.82) is 0 Å². The Hall–Kier alpha value is -1.44. The van der Waals surface area contributed by atoms with Crippen molar-refractivity contribution >= 4 is 0 Å². The SMILES string of the molecule is C=CCc1ccc(O)c(OCCC(C)C)c1. The van der Waals surface area contributed by atoms with E-state index in [4.69, 9.17) is 4.74 Å². The first-order valence-electron chi connectivity index (χ1n) is 5.69. The van der Waals surface area contributed by atoms with E-state index in [1.165, 1.54) is 0 Å². The van der Waals surface area contributed by atoms with E-state index in [0.717, 1.165) is 18.4 Å². The third kappa shape index (κ3) is 3.97. The highest BCUT2D eigenvalue weighted by Gasteiger charge is 2.04. The monoisotopic (exact) mass is 220 g/mol. The minimum absolute atomic E-state index is 0.205. The largest absolute Gasteiger partial charge is 0.504 e. The summed E-state index contributed by atoms with van der Waals surface area (Å²) in [4.78, 5) is 0. The first kappa shape index (κ1) is 12.6. The Labute approximate surface area is 97.6 Å². The van der Waals surface area contributed by atoms with Gasteiger partial charge in [-0.05, 0) is 36.5 Å². The molecule has 2 nitrogen and oxygen atoms in total. The van der Waals surface area contributed by atoms with Crippen LogP contribution in [0, 0.1) is 5.92 Å². The summed E-state index contributed by atoms with van der Waals surface area (Å²) in [5.74, 6) is 1.38. The van der Waals surface area contributed by atoms with Gasteiger partial charge in [-0.2, -0.15) is 0 Å². The number of ether oxygens (including phenoxy) is 1. The van der Waals surface area contributed by atoms with Crippen LogP contribution in [0.15, 0.2) is 30.9 Å². The van der Waals surface area contributed by atoms with Crippen LogP contribution in [0.4, 0.5) is 0 Å². The predicted octanol–water partition coefficient (Wildman–Crippen LogP) is 3.55. The topological polar surface area (TPSA) is 29.5 Å². The Kier molecular flexibility index (Phi) is 4.90. The second-order valence-corrected chi connectivity index (χ2v) is 4.33. The molecule has 0 bridgehead atoms. The molecule has 0 aliphatic carbocycles. The Balaban J connectivity index is 2.62. The van der Waals surface area contributed by atoms with E-state index in [9.17, 15) is 5.11 Å². The molecule has 0 fully saturated rings. The van der Waals surface area contributed by atoms with Crippen LogP contribution in [-0.2, 0) is 6.42 Å². The summed E-state index contributed by atoms with van der Waals surface area (Å²) in [6.07, 6.45) is 3.62. The predicted molar refractivity (Wildman–Crippen MR) is 67.0 cm³/mol. The molecule has 0 atom stereocenters. The lowest BCUT2D eigenvalue weighted by Gasteiger charge is -2.10. The van der Waals surface area contributed by atoms with Gasteiger partial charge in [0.1, 0.15) is 0 Å². The second kappa shape index (κ2) is 6.21. The van der Waals surface area contributed by atoms with Gasteiger partial charge in [0, 0.05) is 0 Å². The Bertz CT molecular complexity index is 343. The smallest absolute Gasteiger partial charge is 0.161 e. The quantitative estimate of drug-likeness (QED) is 0.743. The summed E-state index contributed by atoms with van der Waals surface area (Å²) in [7, 11) is 0. The molecule has 0 radical (unpaired) electrons. The van der Waals surface area contributed by atoms with Crippen LogP contribution in [0.3, 0.4) is 0 Å². The number of phenolic OH excluding ortho intramolecular Hbond substituents is 1. The first-order chi connectivity index (χ1) is 7.63. The maximum atomic E-state index is 9.62. The molecule has 1 aromatic rings. The van der Waals surface area contributed by atoms with Gasteiger partial charge in [-0.15, -0.1) is 6.58 Å². The summed E-state index contributed by atoms with van der Waals surface area (Å²) in [5.41, 5.74) is 1.10. The molecular weight excluding hydrogens is 200 g/mol. The van der Waals surface area contributed by atoms with Gasteiger partial charge in [0.05, 0.1) is 6.61 Å². The van der Waals surface area contributed by atoms with Crippen molar-refractivity contribution in [1.82, 2.24) is 0 Å². The van der Waals surface area contributed by atoms with Crippen molar-refractivity contribution in [3.63, 3.8) is 0 Å². The van der Waals surface area contributed by atoms with E-state index >= 15 is 0 Å². The van der Waals surface area contributed by atoms with Crippen molar-refractivity contribution in [2.24, 2.45) is 5.92 Å². The molecule has 1 rings (SSSR count). The summed E-state index contributed by atoms with van der Waals surface area (Å²) < 4.78 is 5.55. The minimum atomic E-state index is 0.205. The maximum Gasteiger partial charge on any atom is 0.161 e. The Morgan fingerprint density at radius 2 is 2.19 bits per heavy atom. The molecule has 0 aliphatic rings. The molecule has 88 valence electrons. The lowest BCUT2D eigenvalue weighted by molar-refractivity contribution is 0.276. The van der Waals surface area contributed by atoms with Gasteiger partial charge in [0.15, 0.2) is 11.5 Å². The van der Waals surface area contributed by atoms with E-state index in [-0.39, 0.29) is 5.75 Å². The number of hydrogen-bond acceptors (Lipinski definition) is 2. The first-order valence-corrected chi connectivity index (χ1v) is 5.69. The molecule has 0 unspecified atom stereocenters. The molecule has 0 saturated heterocycles. The average Bonchev–Trinajstić information content (AvgIpc) is 2.22. The molecule has 1 N–H and O–H groups in total. The van der Waals surface area contributed by atoms with Crippen LogP contribution in [0.1, 0.15) is 25.8 Å². The van der Waals surface area contributed by atoms with E-state index in [1.54, 1.807) is 6.07 Å². The summed E-state index contributed by atoms with van der Waals surface area (Å²) in [5, 5.41) is 9.62. The number of benzene rings is 1. The van der Waals surface area contributed by atoms with Crippen molar-refractivity contribution in [2.75, 3.05) is 6.61 Å². The van der Waals surface area contributed by atoms with E-state index in [0.29, 0.717) is 18.3 Å². The van der Waals surface area contributed by atoms with Gasteiger partial charge in [-0.1, -0.05) is 26.0 Å². The highest BCUT2D eigenvalue weighted by molar-refractivity contribution is 5.42. The molecule has 2 heteroatoms. The number of rotatable bonds is 6. The third-order valence-electron chi connectivity index (χ3n) is 2.36. The number of phenols is 1. The molecule has 0 saturated carbocycles. The standard InChI is InChI=1S/C14H20O2/c1-4-5-12-6-7-13(15)14(10-12)16-9-8-11(2)3/h4,6-7,10-11,15H,1,5,8-9H2,2-3H3. The van der Waals surface area contributed by atoms with Crippen LogP contribution < -0.4 is 4.74 Å². The van der Waals surface area contributed by atoms with Crippen LogP contribution in [0.5, 0.6) is 11.5 Å². The fraction of sp³-hybridized carbons (Fsp3) is 0.429. The minimum Gasteiger partial charge on any atom is -0.504 e. The highest BCUT2D eigenvalue weighted by atomic mass is 16.5. The molecule has 0 aliphatic heterocycles. The fourth-order valence-electron chi connectivity index (χ4n) is 1.37. The van der Waals surface area contributed by atoms with Crippen molar-refractivity contribution in [3.05, 3.63) is 36.4 Å². The zero-order chi connectivity index (χ0) is 12.0. The van der Waals surface area contributed by atoms with Gasteiger partial charge in [0.2, 0.25) is 0 Å². The lowest BCUT2D eigenvalue weighted by atomic mass is 10.1. The van der Waals surface area contributed by atoms with E-state index < -0.39 is 0 Å². The van der Waals surface area contributed by atoms with E-state index in [1.807, 2.05) is 18.2 Å². The molecule has 0 spiro atoms. The van der Waals surface area contributed by atoms with Gasteiger partial charge >= 0.3 is 0 Å². The Morgan fingerprint density at radius 1 is 1.44 bits per heavy atom. The average molecular weight is 220 g/mol. The molecular formula is C14H20O2. The van der Waals surface area contributed by atoms with E-state index in [2.05, 4.69) is 20.4 Å². The normalized spacial score (nSPS) is 10.4. The molecule has 0 aromatic heterocycles. The van der Waals surface area contributed by atoms with Gasteiger partial charge < -0.3 is 9.84 Å². The van der Waals surface area contributed by atoms with Gasteiger partial charge in [0.25, 0.3) is 0 Å². The van der Waals surface area contributed by atoms with Crippen molar-refractivity contribution < 1.29 is 9.84 Å². The highest BCUT2D eigenvalue weighted by Crippen LogP contribution is 2.27. The lowest BCUT2D eigenvalue weighted by Crippen LogP contribution is -2.01.